The molecule has 2 rings (SSSR count). The third kappa shape index (κ3) is 3.45. The molecule has 0 aromatic carbocycles. The largest absolute Gasteiger partial charge is 0.369 e. The highest BCUT2D eigenvalue weighted by atomic mass is 16.2. The molecule has 1 aliphatic rings. The highest BCUT2D eigenvalue weighted by molar-refractivity contribution is 5.92. The summed E-state index contributed by atoms with van der Waals surface area (Å²) >= 11 is 0. The van der Waals surface area contributed by atoms with Gasteiger partial charge in [-0.2, -0.15) is 0 Å². The molecule has 1 fully saturated rings. The van der Waals surface area contributed by atoms with Crippen LogP contribution in [0.3, 0.4) is 0 Å². The Morgan fingerprint density at radius 3 is 2.85 bits per heavy atom. The molecule has 1 unspecified atom stereocenters. The van der Waals surface area contributed by atoms with Crippen molar-refractivity contribution in [3.8, 4) is 0 Å². The van der Waals surface area contributed by atoms with Crippen LogP contribution in [-0.2, 0) is 0 Å². The number of anilines is 1. The Morgan fingerprint density at radius 1 is 1.45 bits per heavy atom. The summed E-state index contributed by atoms with van der Waals surface area (Å²) in [5, 5.41) is 3.07. The van der Waals surface area contributed by atoms with Crippen LogP contribution in [0.2, 0.25) is 0 Å². The minimum Gasteiger partial charge on any atom is -0.369 e. The summed E-state index contributed by atoms with van der Waals surface area (Å²) in [6.45, 7) is 4.50. The van der Waals surface area contributed by atoms with Gasteiger partial charge in [-0.25, -0.2) is 9.97 Å². The highest BCUT2D eigenvalue weighted by Crippen LogP contribution is 2.20. The van der Waals surface area contributed by atoms with E-state index in [4.69, 9.17) is 0 Å². The summed E-state index contributed by atoms with van der Waals surface area (Å²) in [7, 11) is 4.07. The lowest BCUT2D eigenvalue weighted by atomic mass is 10.2. The van der Waals surface area contributed by atoms with E-state index in [1.165, 1.54) is 0 Å². The molecule has 1 aromatic rings. The first-order valence-electron chi connectivity index (χ1n) is 7.13. The Kier molecular flexibility index (Phi) is 4.89. The molecule has 1 amide bonds. The van der Waals surface area contributed by atoms with Crippen molar-refractivity contribution in [2.75, 3.05) is 39.0 Å². The number of aromatic nitrogens is 2. The molecule has 0 bridgehead atoms. The Balaban J connectivity index is 2.05. The van der Waals surface area contributed by atoms with Gasteiger partial charge in [0, 0.05) is 25.7 Å². The van der Waals surface area contributed by atoms with Crippen molar-refractivity contribution >= 4 is 11.7 Å². The first kappa shape index (κ1) is 14.7. The van der Waals surface area contributed by atoms with Crippen molar-refractivity contribution in [2.45, 2.75) is 25.8 Å². The average Bonchev–Trinajstić information content (AvgIpc) is 2.86. The number of carbonyl (C=O) groups excluding carboxylic acids is 1. The van der Waals surface area contributed by atoms with E-state index in [1.807, 2.05) is 25.9 Å². The van der Waals surface area contributed by atoms with E-state index in [1.54, 1.807) is 12.4 Å². The SMILES string of the molecule is CCNc1cnc(C(=O)N2CCCC2CN(C)C)cn1. The maximum Gasteiger partial charge on any atom is 0.274 e. The second kappa shape index (κ2) is 6.65. The molecule has 1 saturated heterocycles. The first-order valence-corrected chi connectivity index (χ1v) is 7.13. The van der Waals surface area contributed by atoms with Gasteiger partial charge in [-0.1, -0.05) is 0 Å². The van der Waals surface area contributed by atoms with Crippen molar-refractivity contribution < 1.29 is 4.79 Å². The van der Waals surface area contributed by atoms with Gasteiger partial charge in [-0.3, -0.25) is 4.79 Å². The topological polar surface area (TPSA) is 61.4 Å². The number of carbonyl (C=O) groups is 1. The number of likely N-dealkylation sites (N-methyl/N-ethyl adjacent to an activating group) is 1. The molecule has 1 aromatic heterocycles. The summed E-state index contributed by atoms with van der Waals surface area (Å²) in [4.78, 5) is 25.0. The maximum absolute atomic E-state index is 12.5. The molecule has 6 heteroatoms. The zero-order chi connectivity index (χ0) is 14.5. The molecule has 1 aliphatic heterocycles. The lowest BCUT2D eigenvalue weighted by Crippen LogP contribution is -2.41. The Labute approximate surface area is 120 Å². The first-order chi connectivity index (χ1) is 9.61. The van der Waals surface area contributed by atoms with Gasteiger partial charge in [0.1, 0.15) is 11.5 Å². The van der Waals surface area contributed by atoms with E-state index in [0.29, 0.717) is 11.5 Å². The van der Waals surface area contributed by atoms with Gasteiger partial charge in [0.15, 0.2) is 0 Å². The van der Waals surface area contributed by atoms with E-state index in [-0.39, 0.29) is 11.9 Å². The van der Waals surface area contributed by atoms with Crippen molar-refractivity contribution in [1.29, 1.82) is 0 Å². The Morgan fingerprint density at radius 2 is 2.25 bits per heavy atom. The fourth-order valence-electron chi connectivity index (χ4n) is 2.57. The van der Waals surface area contributed by atoms with E-state index in [0.717, 1.165) is 32.5 Å². The van der Waals surface area contributed by atoms with Gasteiger partial charge in [0.25, 0.3) is 5.91 Å². The smallest absolute Gasteiger partial charge is 0.274 e. The minimum atomic E-state index is -0.00935. The molecule has 1 N–H and O–H groups in total. The van der Waals surface area contributed by atoms with Gasteiger partial charge in [0.2, 0.25) is 0 Å². The molecule has 0 radical (unpaired) electrons. The van der Waals surface area contributed by atoms with Crippen LogP contribution in [-0.4, -0.2) is 65.4 Å². The van der Waals surface area contributed by atoms with Gasteiger partial charge in [0.05, 0.1) is 12.4 Å². The lowest BCUT2D eigenvalue weighted by Gasteiger charge is -2.26. The van der Waals surface area contributed by atoms with E-state index in [9.17, 15) is 4.79 Å². The number of rotatable bonds is 5. The minimum absolute atomic E-state index is 0.00935. The summed E-state index contributed by atoms with van der Waals surface area (Å²) in [5.74, 6) is 0.695. The van der Waals surface area contributed by atoms with Crippen LogP contribution in [0.15, 0.2) is 12.4 Å². The third-order valence-electron chi connectivity index (χ3n) is 3.44. The van der Waals surface area contributed by atoms with Crippen molar-refractivity contribution in [3.05, 3.63) is 18.1 Å². The monoisotopic (exact) mass is 277 g/mol. The number of likely N-dealkylation sites (tertiary alicyclic amines) is 1. The van der Waals surface area contributed by atoms with E-state index >= 15 is 0 Å². The molecule has 0 saturated carbocycles. The van der Waals surface area contributed by atoms with Crippen LogP contribution in [0.4, 0.5) is 5.82 Å². The summed E-state index contributed by atoms with van der Waals surface area (Å²) < 4.78 is 0. The maximum atomic E-state index is 12.5. The van der Waals surface area contributed by atoms with Crippen LogP contribution in [0.25, 0.3) is 0 Å². The number of amides is 1. The van der Waals surface area contributed by atoms with Crippen LogP contribution in [0.1, 0.15) is 30.3 Å². The van der Waals surface area contributed by atoms with Crippen LogP contribution >= 0.6 is 0 Å². The molecule has 110 valence electrons. The van der Waals surface area contributed by atoms with Crippen LogP contribution in [0.5, 0.6) is 0 Å². The zero-order valence-electron chi connectivity index (χ0n) is 12.5. The highest BCUT2D eigenvalue weighted by Gasteiger charge is 2.30. The molecular weight excluding hydrogens is 254 g/mol. The number of nitrogens with one attached hydrogen (secondary N) is 1. The molecule has 6 nitrogen and oxygen atoms in total. The molecule has 2 heterocycles. The predicted molar refractivity (Wildman–Crippen MR) is 78.8 cm³/mol. The molecule has 0 spiro atoms. The summed E-state index contributed by atoms with van der Waals surface area (Å²) in [6.07, 6.45) is 5.30. The molecule has 0 aliphatic carbocycles. The van der Waals surface area contributed by atoms with Gasteiger partial charge >= 0.3 is 0 Å². The van der Waals surface area contributed by atoms with Crippen molar-refractivity contribution in [3.63, 3.8) is 0 Å². The van der Waals surface area contributed by atoms with Crippen molar-refractivity contribution in [2.24, 2.45) is 0 Å². The zero-order valence-corrected chi connectivity index (χ0v) is 12.5. The quantitative estimate of drug-likeness (QED) is 0.872. The molecule has 1 atom stereocenters. The van der Waals surface area contributed by atoms with Gasteiger partial charge in [-0.15, -0.1) is 0 Å². The Bertz CT molecular complexity index is 445. The van der Waals surface area contributed by atoms with Crippen molar-refractivity contribution in [1.82, 2.24) is 19.8 Å². The summed E-state index contributed by atoms with van der Waals surface area (Å²) in [5.41, 5.74) is 0.428. The standard InChI is InChI=1S/C14H23N5O/c1-4-15-13-9-16-12(8-17-13)14(20)19-7-5-6-11(19)10-18(2)3/h8-9,11H,4-7,10H2,1-3H3,(H,15,17). The third-order valence-corrected chi connectivity index (χ3v) is 3.44. The second-order valence-electron chi connectivity index (χ2n) is 5.37. The van der Waals surface area contributed by atoms with Gasteiger partial charge < -0.3 is 15.1 Å². The van der Waals surface area contributed by atoms with E-state index < -0.39 is 0 Å². The van der Waals surface area contributed by atoms with Gasteiger partial charge in [-0.05, 0) is 33.9 Å². The second-order valence-corrected chi connectivity index (χ2v) is 5.37. The average molecular weight is 277 g/mol. The fraction of sp³-hybridized carbons (Fsp3) is 0.643. The summed E-state index contributed by atoms with van der Waals surface area (Å²) in [6, 6.07) is 0.285. The fourth-order valence-corrected chi connectivity index (χ4v) is 2.57. The number of nitrogens with zero attached hydrogens (tertiary/aromatic N) is 4. The van der Waals surface area contributed by atoms with E-state index in [2.05, 4.69) is 20.2 Å². The number of hydrogen-bond acceptors (Lipinski definition) is 5. The normalized spacial score (nSPS) is 18.6. The lowest BCUT2D eigenvalue weighted by molar-refractivity contribution is 0.0710. The predicted octanol–water partition coefficient (Wildman–Crippen LogP) is 1.07. The van der Waals surface area contributed by atoms with Crippen LogP contribution < -0.4 is 5.32 Å². The molecular formula is C14H23N5O. The number of hydrogen-bond donors (Lipinski definition) is 1. The Hall–Kier alpha value is -1.69. The van der Waals surface area contributed by atoms with Crippen LogP contribution in [0, 0.1) is 0 Å². The molecule has 20 heavy (non-hydrogen) atoms.